The fourth-order valence-electron chi connectivity index (χ4n) is 4.67. The third-order valence-electron chi connectivity index (χ3n) is 6.31. The molecule has 0 spiro atoms. The van der Waals surface area contributed by atoms with Gasteiger partial charge in [-0.15, -0.1) is 11.3 Å². The second-order valence-electron chi connectivity index (χ2n) is 7.92. The first-order valence-electron chi connectivity index (χ1n) is 10.5. The second-order valence-corrected chi connectivity index (χ2v) is 8.86. The standard InChI is InChI=1S/C23H30N2O3S/c1-27-19-7-4-6-18(16-19)20(25-11-13-28-14-12-25)17-24-22(26)23(9-2-3-10-23)21-8-5-15-29-21/h4-8,15-16,20H,2-3,9-14,17H2,1H3,(H,24,26). The molecule has 29 heavy (non-hydrogen) atoms. The van der Waals surface area contributed by atoms with E-state index in [-0.39, 0.29) is 17.4 Å². The molecule has 6 heteroatoms. The van der Waals surface area contributed by atoms with Gasteiger partial charge in [-0.2, -0.15) is 0 Å². The van der Waals surface area contributed by atoms with E-state index < -0.39 is 0 Å². The number of nitrogens with zero attached hydrogens (tertiary/aromatic N) is 1. The van der Waals surface area contributed by atoms with Crippen LogP contribution in [-0.4, -0.2) is 50.8 Å². The van der Waals surface area contributed by atoms with E-state index in [1.165, 1.54) is 10.4 Å². The van der Waals surface area contributed by atoms with Gasteiger partial charge >= 0.3 is 0 Å². The van der Waals surface area contributed by atoms with Crippen molar-refractivity contribution in [3.8, 4) is 5.75 Å². The number of carbonyl (C=O) groups excluding carboxylic acids is 1. The van der Waals surface area contributed by atoms with Crippen molar-refractivity contribution in [3.63, 3.8) is 0 Å². The number of nitrogens with one attached hydrogen (secondary N) is 1. The largest absolute Gasteiger partial charge is 0.497 e. The van der Waals surface area contributed by atoms with Crippen molar-refractivity contribution in [2.75, 3.05) is 40.0 Å². The molecule has 4 rings (SSSR count). The average molecular weight is 415 g/mol. The van der Waals surface area contributed by atoms with Crippen LogP contribution in [0, 0.1) is 0 Å². The summed E-state index contributed by atoms with van der Waals surface area (Å²) in [6.45, 7) is 3.79. The number of ether oxygens (including phenoxy) is 2. The number of amides is 1. The molecule has 1 N–H and O–H groups in total. The minimum atomic E-state index is -0.349. The van der Waals surface area contributed by atoms with E-state index in [1.54, 1.807) is 18.4 Å². The van der Waals surface area contributed by atoms with E-state index >= 15 is 0 Å². The zero-order valence-corrected chi connectivity index (χ0v) is 17.9. The molecule has 1 saturated heterocycles. The first-order valence-corrected chi connectivity index (χ1v) is 11.4. The summed E-state index contributed by atoms with van der Waals surface area (Å²) in [7, 11) is 1.69. The molecular weight excluding hydrogens is 384 g/mol. The van der Waals surface area contributed by atoms with Crippen LogP contribution in [0.15, 0.2) is 41.8 Å². The smallest absolute Gasteiger partial charge is 0.231 e. The highest BCUT2D eigenvalue weighted by Gasteiger charge is 2.43. The molecule has 1 amide bonds. The van der Waals surface area contributed by atoms with Crippen molar-refractivity contribution in [1.29, 1.82) is 0 Å². The molecule has 2 fully saturated rings. The van der Waals surface area contributed by atoms with Crippen LogP contribution in [0.1, 0.15) is 42.2 Å². The van der Waals surface area contributed by atoms with Crippen molar-refractivity contribution in [2.45, 2.75) is 37.1 Å². The maximum absolute atomic E-state index is 13.4. The molecule has 2 aromatic rings. The Morgan fingerprint density at radius 1 is 1.24 bits per heavy atom. The van der Waals surface area contributed by atoms with Crippen LogP contribution in [-0.2, 0) is 14.9 Å². The van der Waals surface area contributed by atoms with Gasteiger partial charge in [-0.05, 0) is 42.0 Å². The van der Waals surface area contributed by atoms with E-state index in [4.69, 9.17) is 9.47 Å². The molecule has 1 unspecified atom stereocenters. The van der Waals surface area contributed by atoms with Gasteiger partial charge in [-0.1, -0.05) is 31.0 Å². The first-order chi connectivity index (χ1) is 14.2. The zero-order chi connectivity index (χ0) is 20.1. The van der Waals surface area contributed by atoms with Crippen LogP contribution in [0.3, 0.4) is 0 Å². The summed E-state index contributed by atoms with van der Waals surface area (Å²) in [5.74, 6) is 1.02. The SMILES string of the molecule is COc1cccc(C(CNC(=O)C2(c3cccs3)CCCC2)N2CCOCC2)c1. The summed E-state index contributed by atoms with van der Waals surface area (Å²) in [4.78, 5) is 17.0. The Hall–Kier alpha value is -1.89. The third kappa shape index (κ3) is 4.34. The predicted octanol–water partition coefficient (Wildman–Crippen LogP) is 3.76. The summed E-state index contributed by atoms with van der Waals surface area (Å²) in [5.41, 5.74) is 0.820. The Labute approximate surface area is 177 Å². The molecular formula is C23H30N2O3S. The van der Waals surface area contributed by atoms with Gasteiger partial charge in [0, 0.05) is 24.5 Å². The summed E-state index contributed by atoms with van der Waals surface area (Å²) >= 11 is 1.71. The molecule has 0 radical (unpaired) electrons. The summed E-state index contributed by atoms with van der Waals surface area (Å²) in [6, 6.07) is 12.5. The Bertz CT molecular complexity index is 796. The average Bonchev–Trinajstić information content (AvgIpc) is 3.47. The van der Waals surface area contributed by atoms with Crippen molar-refractivity contribution < 1.29 is 14.3 Å². The minimum Gasteiger partial charge on any atom is -0.497 e. The van der Waals surface area contributed by atoms with Crippen LogP contribution < -0.4 is 10.1 Å². The highest BCUT2D eigenvalue weighted by molar-refractivity contribution is 7.10. The number of thiophene rings is 1. The maximum Gasteiger partial charge on any atom is 0.231 e. The van der Waals surface area contributed by atoms with E-state index in [1.807, 2.05) is 12.1 Å². The van der Waals surface area contributed by atoms with Crippen LogP contribution in [0.5, 0.6) is 5.75 Å². The molecule has 5 nitrogen and oxygen atoms in total. The van der Waals surface area contributed by atoms with Gasteiger partial charge in [0.1, 0.15) is 5.75 Å². The monoisotopic (exact) mass is 414 g/mol. The number of hydrogen-bond acceptors (Lipinski definition) is 5. The fourth-order valence-corrected chi connectivity index (χ4v) is 5.65. The number of benzene rings is 1. The molecule has 1 aliphatic heterocycles. The Morgan fingerprint density at radius 2 is 2.03 bits per heavy atom. The number of morpholine rings is 1. The lowest BCUT2D eigenvalue weighted by molar-refractivity contribution is -0.126. The molecule has 1 aromatic heterocycles. The lowest BCUT2D eigenvalue weighted by Crippen LogP contribution is -2.47. The number of carbonyl (C=O) groups is 1. The Morgan fingerprint density at radius 3 is 2.72 bits per heavy atom. The van der Waals surface area contributed by atoms with Crippen LogP contribution in [0.4, 0.5) is 0 Å². The lowest BCUT2D eigenvalue weighted by Gasteiger charge is -2.36. The van der Waals surface area contributed by atoms with Crippen molar-refractivity contribution >= 4 is 17.2 Å². The van der Waals surface area contributed by atoms with E-state index in [0.29, 0.717) is 6.54 Å². The van der Waals surface area contributed by atoms with Crippen LogP contribution >= 0.6 is 11.3 Å². The number of methoxy groups -OCH3 is 1. The van der Waals surface area contributed by atoms with Gasteiger partial charge in [-0.3, -0.25) is 9.69 Å². The molecule has 1 aromatic carbocycles. The minimum absolute atomic E-state index is 0.111. The van der Waals surface area contributed by atoms with E-state index in [9.17, 15) is 4.79 Å². The van der Waals surface area contributed by atoms with E-state index in [0.717, 1.165) is 57.7 Å². The number of hydrogen-bond donors (Lipinski definition) is 1. The van der Waals surface area contributed by atoms with Gasteiger partial charge in [0.25, 0.3) is 0 Å². The van der Waals surface area contributed by atoms with Gasteiger partial charge in [0.05, 0.1) is 31.8 Å². The molecule has 2 aliphatic rings. The topological polar surface area (TPSA) is 50.8 Å². The zero-order valence-electron chi connectivity index (χ0n) is 17.1. The Balaban J connectivity index is 1.53. The van der Waals surface area contributed by atoms with E-state index in [2.05, 4.69) is 39.9 Å². The predicted molar refractivity (Wildman–Crippen MR) is 116 cm³/mol. The van der Waals surface area contributed by atoms with Gasteiger partial charge in [-0.25, -0.2) is 0 Å². The van der Waals surface area contributed by atoms with Crippen LogP contribution in [0.25, 0.3) is 0 Å². The van der Waals surface area contributed by atoms with Gasteiger partial charge < -0.3 is 14.8 Å². The maximum atomic E-state index is 13.4. The highest BCUT2D eigenvalue weighted by Crippen LogP contribution is 2.43. The molecule has 2 heterocycles. The third-order valence-corrected chi connectivity index (χ3v) is 7.38. The van der Waals surface area contributed by atoms with Crippen molar-refractivity contribution in [2.24, 2.45) is 0 Å². The van der Waals surface area contributed by atoms with Gasteiger partial charge in [0.2, 0.25) is 5.91 Å². The number of rotatable bonds is 7. The van der Waals surface area contributed by atoms with Crippen molar-refractivity contribution in [1.82, 2.24) is 10.2 Å². The molecule has 156 valence electrons. The lowest BCUT2D eigenvalue weighted by atomic mass is 9.83. The van der Waals surface area contributed by atoms with Gasteiger partial charge in [0.15, 0.2) is 0 Å². The highest BCUT2D eigenvalue weighted by atomic mass is 32.1. The summed E-state index contributed by atoms with van der Waals surface area (Å²) < 4.78 is 11.0. The molecule has 1 saturated carbocycles. The second kappa shape index (κ2) is 9.28. The first kappa shape index (κ1) is 20.4. The quantitative estimate of drug-likeness (QED) is 0.750. The fraction of sp³-hybridized carbons (Fsp3) is 0.522. The molecule has 1 atom stereocenters. The molecule has 1 aliphatic carbocycles. The summed E-state index contributed by atoms with van der Waals surface area (Å²) in [6.07, 6.45) is 4.13. The summed E-state index contributed by atoms with van der Waals surface area (Å²) in [5, 5.41) is 5.41. The van der Waals surface area contributed by atoms with Crippen molar-refractivity contribution in [3.05, 3.63) is 52.2 Å². The van der Waals surface area contributed by atoms with Crippen LogP contribution in [0.2, 0.25) is 0 Å². The normalized spacial score (nSPS) is 20.3. The Kier molecular flexibility index (Phi) is 6.53. The molecule has 0 bridgehead atoms.